The van der Waals surface area contributed by atoms with Crippen molar-refractivity contribution in [3.63, 3.8) is 0 Å². The summed E-state index contributed by atoms with van der Waals surface area (Å²) < 4.78 is 12.2. The van der Waals surface area contributed by atoms with Gasteiger partial charge >= 0.3 is 0 Å². The third-order valence-corrected chi connectivity index (χ3v) is 6.85. The standard InChI is InChI=1S/C17H22O2S/c1-11-6-12(2)8-13(7-11)17(18)14-9-15-4-3-5-16(10-14)20(15)19/h6-8,14-16H,3-5,9-10H2,1-2H3. The first-order chi connectivity index (χ1) is 9.54. The van der Waals surface area contributed by atoms with Gasteiger partial charge in [0.2, 0.25) is 0 Å². The van der Waals surface area contributed by atoms with Crippen molar-refractivity contribution in [3.05, 3.63) is 34.9 Å². The first-order valence-electron chi connectivity index (χ1n) is 7.56. The molecule has 2 atom stereocenters. The van der Waals surface area contributed by atoms with Crippen LogP contribution >= 0.6 is 0 Å². The molecule has 2 aliphatic rings. The molecule has 2 heterocycles. The van der Waals surface area contributed by atoms with E-state index in [2.05, 4.69) is 6.07 Å². The molecule has 2 nitrogen and oxygen atoms in total. The molecule has 1 aromatic carbocycles. The monoisotopic (exact) mass is 290 g/mol. The zero-order valence-corrected chi connectivity index (χ0v) is 13.0. The van der Waals surface area contributed by atoms with Crippen LogP contribution < -0.4 is 0 Å². The van der Waals surface area contributed by atoms with Crippen LogP contribution in [0.15, 0.2) is 18.2 Å². The van der Waals surface area contributed by atoms with Crippen molar-refractivity contribution in [1.29, 1.82) is 0 Å². The van der Waals surface area contributed by atoms with Crippen molar-refractivity contribution in [3.8, 4) is 0 Å². The number of Topliss-reactive ketones (excluding diaryl/α,β-unsaturated/α-hetero) is 1. The molecule has 0 aromatic heterocycles. The van der Waals surface area contributed by atoms with Crippen LogP contribution in [0.2, 0.25) is 0 Å². The number of rotatable bonds is 2. The number of benzene rings is 1. The Kier molecular flexibility index (Phi) is 3.80. The van der Waals surface area contributed by atoms with Crippen LogP contribution in [0.25, 0.3) is 0 Å². The average Bonchev–Trinajstić information content (AvgIpc) is 2.36. The molecule has 0 radical (unpaired) electrons. The maximum Gasteiger partial charge on any atom is 0.166 e. The summed E-state index contributed by atoms with van der Waals surface area (Å²) in [6.07, 6.45) is 4.93. The Morgan fingerprint density at radius 2 is 1.60 bits per heavy atom. The van der Waals surface area contributed by atoms with Gasteiger partial charge in [0.1, 0.15) is 0 Å². The minimum absolute atomic E-state index is 0.0872. The fraction of sp³-hybridized carbons (Fsp3) is 0.588. The third kappa shape index (κ3) is 2.60. The molecule has 0 N–H and O–H groups in total. The van der Waals surface area contributed by atoms with E-state index >= 15 is 0 Å². The quantitative estimate of drug-likeness (QED) is 0.780. The lowest BCUT2D eigenvalue weighted by atomic mass is 9.84. The number of carbonyl (C=O) groups is 1. The van der Waals surface area contributed by atoms with Crippen LogP contribution in [0.1, 0.15) is 53.6 Å². The first kappa shape index (κ1) is 14.0. The van der Waals surface area contributed by atoms with Crippen molar-refractivity contribution in [2.45, 2.75) is 56.5 Å². The number of aryl methyl sites for hydroxylation is 2. The topological polar surface area (TPSA) is 34.1 Å². The van der Waals surface area contributed by atoms with Gasteiger partial charge < -0.3 is 0 Å². The minimum atomic E-state index is -0.691. The Labute approximate surface area is 123 Å². The van der Waals surface area contributed by atoms with Gasteiger partial charge in [0.05, 0.1) is 0 Å². The fourth-order valence-electron chi connectivity index (χ4n) is 3.80. The molecule has 0 spiro atoms. The lowest BCUT2D eigenvalue weighted by Gasteiger charge is -2.37. The average molecular weight is 290 g/mol. The molecule has 2 fully saturated rings. The molecular weight excluding hydrogens is 268 g/mol. The maximum absolute atomic E-state index is 12.7. The van der Waals surface area contributed by atoms with E-state index in [-0.39, 0.29) is 22.2 Å². The number of carbonyl (C=O) groups excluding carboxylic acids is 1. The van der Waals surface area contributed by atoms with Crippen molar-refractivity contribution in [2.24, 2.45) is 5.92 Å². The molecule has 20 heavy (non-hydrogen) atoms. The van der Waals surface area contributed by atoms with Gasteiger partial charge in [0.15, 0.2) is 5.78 Å². The molecule has 2 aliphatic heterocycles. The fourth-order valence-corrected chi connectivity index (χ4v) is 5.99. The highest BCUT2D eigenvalue weighted by molar-refractivity contribution is 7.86. The van der Waals surface area contributed by atoms with Crippen molar-refractivity contribution in [1.82, 2.24) is 0 Å². The summed E-state index contributed by atoms with van der Waals surface area (Å²) in [4.78, 5) is 12.7. The highest BCUT2D eigenvalue weighted by Crippen LogP contribution is 2.38. The van der Waals surface area contributed by atoms with Gasteiger partial charge in [0, 0.05) is 32.8 Å². The van der Waals surface area contributed by atoms with Crippen LogP contribution in [0.4, 0.5) is 0 Å². The van der Waals surface area contributed by atoms with E-state index in [1.54, 1.807) is 0 Å². The summed E-state index contributed by atoms with van der Waals surface area (Å²) in [7, 11) is -0.691. The van der Waals surface area contributed by atoms with E-state index in [0.717, 1.165) is 42.4 Å². The molecule has 2 bridgehead atoms. The molecule has 0 amide bonds. The normalized spacial score (nSPS) is 32.9. The van der Waals surface area contributed by atoms with Gasteiger partial charge in [-0.15, -0.1) is 0 Å². The molecule has 3 rings (SSSR count). The summed E-state index contributed by atoms with van der Waals surface area (Å²) in [5.74, 6) is 0.356. The summed E-state index contributed by atoms with van der Waals surface area (Å²) in [6, 6.07) is 6.09. The summed E-state index contributed by atoms with van der Waals surface area (Å²) in [5.41, 5.74) is 3.14. The van der Waals surface area contributed by atoms with Crippen LogP contribution in [0.3, 0.4) is 0 Å². The Morgan fingerprint density at radius 1 is 1.05 bits per heavy atom. The molecule has 1 aromatic rings. The number of hydrogen-bond donors (Lipinski definition) is 0. The lowest BCUT2D eigenvalue weighted by molar-refractivity contribution is 0.0895. The molecular formula is C17H22O2S. The van der Waals surface area contributed by atoms with Crippen LogP contribution in [-0.4, -0.2) is 20.5 Å². The highest BCUT2D eigenvalue weighted by Gasteiger charge is 2.40. The van der Waals surface area contributed by atoms with Gasteiger partial charge in [-0.05, 0) is 51.7 Å². The van der Waals surface area contributed by atoms with Crippen LogP contribution in [0, 0.1) is 19.8 Å². The van der Waals surface area contributed by atoms with Gasteiger partial charge in [-0.3, -0.25) is 9.00 Å². The second kappa shape index (κ2) is 5.44. The first-order valence-corrected chi connectivity index (χ1v) is 8.84. The van der Waals surface area contributed by atoms with E-state index in [4.69, 9.17) is 0 Å². The van der Waals surface area contributed by atoms with E-state index in [9.17, 15) is 9.00 Å². The predicted octanol–water partition coefficient (Wildman–Crippen LogP) is 3.57. The number of ketones is 1. The Balaban J connectivity index is 1.82. The second-order valence-electron chi connectivity index (χ2n) is 6.41. The SMILES string of the molecule is Cc1cc(C)cc(C(=O)C2CC3CCCC(C2)S3=O)c1. The van der Waals surface area contributed by atoms with E-state index in [1.165, 1.54) is 6.42 Å². The molecule has 2 unspecified atom stereocenters. The molecule has 108 valence electrons. The zero-order chi connectivity index (χ0) is 14.3. The van der Waals surface area contributed by atoms with Crippen LogP contribution in [-0.2, 0) is 10.8 Å². The Hall–Kier alpha value is -0.960. The maximum atomic E-state index is 12.7. The van der Waals surface area contributed by atoms with Gasteiger partial charge in [-0.2, -0.15) is 0 Å². The smallest absolute Gasteiger partial charge is 0.166 e. The third-order valence-electron chi connectivity index (χ3n) is 4.68. The molecule has 2 saturated heterocycles. The number of fused-ring (bicyclic) bond motifs is 2. The minimum Gasteiger partial charge on any atom is -0.294 e. The second-order valence-corrected chi connectivity index (χ2v) is 8.40. The Morgan fingerprint density at radius 3 is 2.15 bits per heavy atom. The van der Waals surface area contributed by atoms with Crippen molar-refractivity contribution >= 4 is 16.6 Å². The Bertz CT molecular complexity index is 528. The summed E-state index contributed by atoms with van der Waals surface area (Å²) in [5, 5.41) is 0.532. The van der Waals surface area contributed by atoms with Crippen molar-refractivity contribution in [2.75, 3.05) is 0 Å². The molecule has 0 saturated carbocycles. The summed E-state index contributed by atoms with van der Waals surface area (Å²) >= 11 is 0. The zero-order valence-electron chi connectivity index (χ0n) is 12.2. The predicted molar refractivity (Wildman–Crippen MR) is 82.5 cm³/mol. The van der Waals surface area contributed by atoms with Crippen LogP contribution in [0.5, 0.6) is 0 Å². The van der Waals surface area contributed by atoms with E-state index < -0.39 is 10.8 Å². The van der Waals surface area contributed by atoms with Gasteiger partial charge in [0.25, 0.3) is 0 Å². The lowest BCUT2D eigenvalue weighted by Crippen LogP contribution is -2.41. The molecule has 0 aliphatic carbocycles. The molecule has 3 heteroatoms. The highest BCUT2D eigenvalue weighted by atomic mass is 32.2. The number of hydrogen-bond acceptors (Lipinski definition) is 2. The van der Waals surface area contributed by atoms with Gasteiger partial charge in [-0.1, -0.05) is 23.6 Å². The van der Waals surface area contributed by atoms with Crippen molar-refractivity contribution < 1.29 is 9.00 Å². The van der Waals surface area contributed by atoms with Gasteiger partial charge in [-0.25, -0.2) is 0 Å². The van der Waals surface area contributed by atoms with E-state index in [1.807, 2.05) is 26.0 Å². The summed E-state index contributed by atoms with van der Waals surface area (Å²) in [6.45, 7) is 4.07. The largest absolute Gasteiger partial charge is 0.294 e. The van der Waals surface area contributed by atoms with E-state index in [0.29, 0.717) is 0 Å².